The minimum Gasteiger partial charge on any atom is -0.481 e. The van der Waals surface area contributed by atoms with Gasteiger partial charge in [-0.05, 0) is 37.5 Å². The van der Waals surface area contributed by atoms with Crippen molar-refractivity contribution in [3.05, 3.63) is 29.8 Å². The van der Waals surface area contributed by atoms with Crippen molar-refractivity contribution in [2.24, 2.45) is 0 Å². The van der Waals surface area contributed by atoms with Gasteiger partial charge in [-0.2, -0.15) is 0 Å². The molecular weight excluding hydrogens is 272 g/mol. The molecule has 21 heavy (non-hydrogen) atoms. The Morgan fingerprint density at radius 3 is 2.52 bits per heavy atom. The molecule has 1 aliphatic carbocycles. The first-order chi connectivity index (χ1) is 10.1. The fourth-order valence-corrected chi connectivity index (χ4v) is 2.29. The maximum absolute atomic E-state index is 11.8. The Kier molecular flexibility index (Phi) is 5.16. The Hall–Kier alpha value is -2.08. The molecule has 0 unspecified atom stereocenters. The third kappa shape index (κ3) is 4.75. The number of anilines is 1. The second-order valence-electron chi connectivity index (χ2n) is 5.11. The number of carbonyl (C=O) groups excluding carboxylic acids is 1. The van der Waals surface area contributed by atoms with E-state index in [0.29, 0.717) is 17.9 Å². The van der Waals surface area contributed by atoms with E-state index in [-0.39, 0.29) is 24.6 Å². The molecule has 0 saturated heterocycles. The summed E-state index contributed by atoms with van der Waals surface area (Å²) in [6.45, 7) is 2.66. The van der Waals surface area contributed by atoms with Gasteiger partial charge in [0.25, 0.3) is 0 Å². The van der Waals surface area contributed by atoms with Crippen molar-refractivity contribution in [1.82, 2.24) is 5.32 Å². The standard InChI is InChI=1S/C15H20N2O4/c1-2-21-13-8-12(9-13)17-15(20)16-11-5-3-10(4-6-11)7-14(18)19/h3-6,12-13H,2,7-9H2,1H3,(H,18,19)(H2,16,17,20). The van der Waals surface area contributed by atoms with Crippen molar-refractivity contribution in [2.75, 3.05) is 11.9 Å². The highest BCUT2D eigenvalue weighted by molar-refractivity contribution is 5.89. The van der Waals surface area contributed by atoms with Crippen molar-refractivity contribution in [3.63, 3.8) is 0 Å². The van der Waals surface area contributed by atoms with Gasteiger partial charge < -0.3 is 20.5 Å². The predicted octanol–water partition coefficient (Wildman–Crippen LogP) is 2.00. The molecule has 1 aromatic rings. The van der Waals surface area contributed by atoms with Crippen LogP contribution < -0.4 is 10.6 Å². The molecule has 0 aliphatic heterocycles. The number of hydrogen-bond donors (Lipinski definition) is 3. The first-order valence-corrected chi connectivity index (χ1v) is 7.06. The number of urea groups is 1. The van der Waals surface area contributed by atoms with Crippen LogP contribution in [-0.2, 0) is 16.0 Å². The molecule has 114 valence electrons. The Balaban J connectivity index is 1.74. The minimum atomic E-state index is -0.873. The highest BCUT2D eigenvalue weighted by atomic mass is 16.5. The van der Waals surface area contributed by atoms with Gasteiger partial charge in [0.2, 0.25) is 0 Å². The summed E-state index contributed by atoms with van der Waals surface area (Å²) in [6, 6.07) is 6.69. The minimum absolute atomic E-state index is 0.0205. The molecule has 1 saturated carbocycles. The molecule has 2 rings (SSSR count). The van der Waals surface area contributed by atoms with Crippen molar-refractivity contribution in [1.29, 1.82) is 0 Å². The van der Waals surface area contributed by atoms with E-state index in [0.717, 1.165) is 12.8 Å². The van der Waals surface area contributed by atoms with E-state index in [1.807, 2.05) is 6.92 Å². The maximum atomic E-state index is 11.8. The molecule has 0 heterocycles. The molecule has 3 N–H and O–H groups in total. The monoisotopic (exact) mass is 292 g/mol. The summed E-state index contributed by atoms with van der Waals surface area (Å²) in [4.78, 5) is 22.4. The third-order valence-corrected chi connectivity index (χ3v) is 3.40. The number of rotatable bonds is 6. The molecule has 0 radical (unpaired) electrons. The predicted molar refractivity (Wildman–Crippen MR) is 78.4 cm³/mol. The number of amides is 2. The van der Waals surface area contributed by atoms with Gasteiger partial charge >= 0.3 is 12.0 Å². The lowest BCUT2D eigenvalue weighted by molar-refractivity contribution is -0.136. The summed E-state index contributed by atoms with van der Waals surface area (Å²) >= 11 is 0. The Morgan fingerprint density at radius 1 is 1.29 bits per heavy atom. The number of carbonyl (C=O) groups is 2. The zero-order valence-corrected chi connectivity index (χ0v) is 12.0. The number of hydrogen-bond acceptors (Lipinski definition) is 3. The van der Waals surface area contributed by atoms with E-state index in [1.165, 1.54) is 0 Å². The van der Waals surface area contributed by atoms with Crippen LogP contribution in [0.5, 0.6) is 0 Å². The average molecular weight is 292 g/mol. The molecule has 0 aromatic heterocycles. The number of carboxylic acid groups (broad SMARTS) is 1. The first kappa shape index (κ1) is 15.3. The highest BCUT2D eigenvalue weighted by Gasteiger charge is 2.30. The summed E-state index contributed by atoms with van der Waals surface area (Å²) in [6.07, 6.45) is 1.93. The van der Waals surface area contributed by atoms with Gasteiger partial charge in [0.05, 0.1) is 12.5 Å². The summed E-state index contributed by atoms with van der Waals surface area (Å²) in [5, 5.41) is 14.3. The van der Waals surface area contributed by atoms with Gasteiger partial charge in [0, 0.05) is 18.3 Å². The maximum Gasteiger partial charge on any atom is 0.319 e. The number of ether oxygens (including phenoxy) is 1. The van der Waals surface area contributed by atoms with Gasteiger partial charge in [0.15, 0.2) is 0 Å². The van der Waals surface area contributed by atoms with Crippen LogP contribution >= 0.6 is 0 Å². The SMILES string of the molecule is CCOC1CC(NC(=O)Nc2ccc(CC(=O)O)cc2)C1. The average Bonchev–Trinajstić information content (AvgIpc) is 2.38. The molecular formula is C15H20N2O4. The smallest absolute Gasteiger partial charge is 0.319 e. The van der Waals surface area contributed by atoms with Crippen LogP contribution in [0, 0.1) is 0 Å². The summed E-state index contributed by atoms with van der Waals surface area (Å²) in [5.74, 6) is -0.873. The van der Waals surface area contributed by atoms with Gasteiger partial charge in [-0.25, -0.2) is 4.79 Å². The molecule has 1 aliphatic rings. The Bertz CT molecular complexity index is 495. The second-order valence-corrected chi connectivity index (χ2v) is 5.11. The largest absolute Gasteiger partial charge is 0.481 e. The molecule has 1 aromatic carbocycles. The summed E-state index contributed by atoms with van der Waals surface area (Å²) in [5.41, 5.74) is 1.34. The van der Waals surface area contributed by atoms with Gasteiger partial charge in [0.1, 0.15) is 0 Å². The van der Waals surface area contributed by atoms with Crippen molar-refractivity contribution in [2.45, 2.75) is 38.3 Å². The van der Waals surface area contributed by atoms with Gasteiger partial charge in [-0.1, -0.05) is 12.1 Å². The molecule has 1 fully saturated rings. The topological polar surface area (TPSA) is 87.7 Å². The van der Waals surface area contributed by atoms with Crippen molar-refractivity contribution >= 4 is 17.7 Å². The van der Waals surface area contributed by atoms with Crippen molar-refractivity contribution in [3.8, 4) is 0 Å². The van der Waals surface area contributed by atoms with Crippen LogP contribution in [-0.4, -0.2) is 35.9 Å². The molecule has 0 spiro atoms. The van der Waals surface area contributed by atoms with E-state index in [9.17, 15) is 9.59 Å². The van der Waals surface area contributed by atoms with Crippen LogP contribution in [0.1, 0.15) is 25.3 Å². The molecule has 6 nitrogen and oxygen atoms in total. The zero-order chi connectivity index (χ0) is 15.2. The Labute approximate surface area is 123 Å². The van der Waals surface area contributed by atoms with Crippen LogP contribution in [0.15, 0.2) is 24.3 Å². The first-order valence-electron chi connectivity index (χ1n) is 7.06. The fourth-order valence-electron chi connectivity index (χ4n) is 2.29. The second kappa shape index (κ2) is 7.08. The summed E-state index contributed by atoms with van der Waals surface area (Å²) in [7, 11) is 0. The van der Waals surface area contributed by atoms with E-state index < -0.39 is 5.97 Å². The lowest BCUT2D eigenvalue weighted by Crippen LogP contribution is -2.49. The lowest BCUT2D eigenvalue weighted by atomic mass is 9.89. The number of benzene rings is 1. The molecule has 0 bridgehead atoms. The lowest BCUT2D eigenvalue weighted by Gasteiger charge is -2.35. The number of carboxylic acids is 1. The Morgan fingerprint density at radius 2 is 1.95 bits per heavy atom. The normalized spacial score (nSPS) is 20.4. The molecule has 2 amide bonds. The molecule has 0 atom stereocenters. The highest BCUT2D eigenvalue weighted by Crippen LogP contribution is 2.23. The quantitative estimate of drug-likeness (QED) is 0.748. The van der Waals surface area contributed by atoms with E-state index in [2.05, 4.69) is 10.6 Å². The van der Waals surface area contributed by atoms with E-state index in [1.54, 1.807) is 24.3 Å². The fraction of sp³-hybridized carbons (Fsp3) is 0.467. The van der Waals surface area contributed by atoms with E-state index >= 15 is 0 Å². The van der Waals surface area contributed by atoms with Crippen LogP contribution in [0.4, 0.5) is 10.5 Å². The van der Waals surface area contributed by atoms with Crippen LogP contribution in [0.25, 0.3) is 0 Å². The number of aliphatic carboxylic acids is 1. The van der Waals surface area contributed by atoms with Gasteiger partial charge in [-0.3, -0.25) is 4.79 Å². The van der Waals surface area contributed by atoms with Gasteiger partial charge in [-0.15, -0.1) is 0 Å². The van der Waals surface area contributed by atoms with Crippen molar-refractivity contribution < 1.29 is 19.4 Å². The molecule has 6 heteroatoms. The van der Waals surface area contributed by atoms with Crippen LogP contribution in [0.3, 0.4) is 0 Å². The summed E-state index contributed by atoms with van der Waals surface area (Å²) < 4.78 is 5.43. The third-order valence-electron chi connectivity index (χ3n) is 3.40. The zero-order valence-electron chi connectivity index (χ0n) is 12.0. The van der Waals surface area contributed by atoms with E-state index in [4.69, 9.17) is 9.84 Å². The number of nitrogens with one attached hydrogen (secondary N) is 2. The van der Waals surface area contributed by atoms with Crippen LogP contribution in [0.2, 0.25) is 0 Å².